The Morgan fingerprint density at radius 1 is 1.09 bits per heavy atom. The topological polar surface area (TPSA) is 51.9 Å². The Labute approximate surface area is 130 Å². The number of carbonyl (C=O) groups is 1. The Morgan fingerprint density at radius 2 is 1.86 bits per heavy atom. The summed E-state index contributed by atoms with van der Waals surface area (Å²) in [6, 6.07) is 13.3. The molecule has 5 heteroatoms. The van der Waals surface area contributed by atoms with Crippen LogP contribution in [0.5, 0.6) is 0 Å². The van der Waals surface area contributed by atoms with Crippen LogP contribution in [0.3, 0.4) is 0 Å². The van der Waals surface area contributed by atoms with Gasteiger partial charge in [0.2, 0.25) is 0 Å². The Kier molecular flexibility index (Phi) is 6.18. The van der Waals surface area contributed by atoms with Crippen molar-refractivity contribution in [2.24, 2.45) is 0 Å². The van der Waals surface area contributed by atoms with Gasteiger partial charge in [0.1, 0.15) is 12.4 Å². The molecule has 22 heavy (non-hydrogen) atoms. The summed E-state index contributed by atoms with van der Waals surface area (Å²) in [5.74, 6) is 0.805. The predicted molar refractivity (Wildman–Crippen MR) is 82.5 cm³/mol. The molecule has 0 aliphatic heterocycles. The number of nitrogens with zero attached hydrogens (tertiary/aromatic N) is 1. The third kappa shape index (κ3) is 4.44. The first-order valence-corrected chi connectivity index (χ1v) is 7.14. The van der Waals surface area contributed by atoms with Crippen LogP contribution in [0.4, 0.5) is 0 Å². The van der Waals surface area contributed by atoms with Gasteiger partial charge in [0.25, 0.3) is 5.91 Å². The standard InChI is InChI=1S/C17H21NO4/c1-20-11-10-18(12-14-6-4-3-5-7-14)17(19)16-9-8-15(22-16)13-21-2/h3-9H,10-13H2,1-2H3. The van der Waals surface area contributed by atoms with Crippen LogP contribution in [0.15, 0.2) is 46.9 Å². The van der Waals surface area contributed by atoms with Crippen molar-refractivity contribution in [3.05, 3.63) is 59.5 Å². The molecule has 0 bridgehead atoms. The molecule has 1 aromatic carbocycles. The number of amides is 1. The van der Waals surface area contributed by atoms with Crippen molar-refractivity contribution < 1.29 is 18.7 Å². The Balaban J connectivity index is 2.10. The molecule has 0 saturated carbocycles. The summed E-state index contributed by atoms with van der Waals surface area (Å²) in [5, 5.41) is 0. The lowest BCUT2D eigenvalue weighted by Crippen LogP contribution is -2.33. The van der Waals surface area contributed by atoms with Gasteiger partial charge < -0.3 is 18.8 Å². The van der Waals surface area contributed by atoms with Gasteiger partial charge in [0.05, 0.1) is 6.61 Å². The zero-order chi connectivity index (χ0) is 15.8. The molecule has 0 aliphatic carbocycles. The first-order chi connectivity index (χ1) is 10.7. The summed E-state index contributed by atoms with van der Waals surface area (Å²) < 4.78 is 15.6. The second kappa shape index (κ2) is 8.36. The predicted octanol–water partition coefficient (Wildman–Crippen LogP) is 2.71. The lowest BCUT2D eigenvalue weighted by molar-refractivity contribution is 0.0642. The zero-order valence-corrected chi connectivity index (χ0v) is 13.0. The second-order valence-corrected chi connectivity index (χ2v) is 4.90. The van der Waals surface area contributed by atoms with E-state index in [1.54, 1.807) is 31.3 Å². The van der Waals surface area contributed by atoms with Crippen LogP contribution in [-0.4, -0.2) is 38.2 Å². The van der Waals surface area contributed by atoms with Crippen molar-refractivity contribution in [1.29, 1.82) is 0 Å². The minimum Gasteiger partial charge on any atom is -0.453 e. The Bertz CT molecular complexity index is 579. The smallest absolute Gasteiger partial charge is 0.289 e. The number of hydrogen-bond acceptors (Lipinski definition) is 4. The molecule has 1 heterocycles. The molecule has 0 fully saturated rings. The number of carbonyl (C=O) groups excluding carboxylic acids is 1. The van der Waals surface area contributed by atoms with E-state index in [1.165, 1.54) is 0 Å². The molecule has 0 aliphatic rings. The van der Waals surface area contributed by atoms with E-state index in [2.05, 4.69) is 0 Å². The average molecular weight is 303 g/mol. The third-order valence-electron chi connectivity index (χ3n) is 3.23. The Morgan fingerprint density at radius 3 is 2.55 bits per heavy atom. The molecule has 0 atom stereocenters. The van der Waals surface area contributed by atoms with Crippen LogP contribution in [0.2, 0.25) is 0 Å². The van der Waals surface area contributed by atoms with Crippen LogP contribution < -0.4 is 0 Å². The van der Waals surface area contributed by atoms with Crippen LogP contribution in [-0.2, 0) is 22.6 Å². The zero-order valence-electron chi connectivity index (χ0n) is 13.0. The summed E-state index contributed by atoms with van der Waals surface area (Å²) in [5.41, 5.74) is 1.07. The first kappa shape index (κ1) is 16.3. The van der Waals surface area contributed by atoms with Crippen molar-refractivity contribution in [3.8, 4) is 0 Å². The maximum atomic E-state index is 12.6. The van der Waals surface area contributed by atoms with Crippen molar-refractivity contribution in [2.45, 2.75) is 13.2 Å². The summed E-state index contributed by atoms with van der Waals surface area (Å²) in [7, 11) is 3.21. The van der Waals surface area contributed by atoms with E-state index in [0.29, 0.717) is 37.8 Å². The van der Waals surface area contributed by atoms with Gasteiger partial charge in [0.15, 0.2) is 5.76 Å². The molecule has 1 amide bonds. The quantitative estimate of drug-likeness (QED) is 0.752. The maximum absolute atomic E-state index is 12.6. The Hall–Kier alpha value is -2.11. The van der Waals surface area contributed by atoms with Gasteiger partial charge in [-0.2, -0.15) is 0 Å². The molecular formula is C17H21NO4. The van der Waals surface area contributed by atoms with Gasteiger partial charge in [-0.05, 0) is 17.7 Å². The van der Waals surface area contributed by atoms with Gasteiger partial charge in [-0.1, -0.05) is 30.3 Å². The van der Waals surface area contributed by atoms with Gasteiger partial charge in [0, 0.05) is 27.3 Å². The maximum Gasteiger partial charge on any atom is 0.289 e. The highest BCUT2D eigenvalue weighted by Gasteiger charge is 2.19. The largest absolute Gasteiger partial charge is 0.453 e. The van der Waals surface area contributed by atoms with Crippen molar-refractivity contribution in [1.82, 2.24) is 4.90 Å². The lowest BCUT2D eigenvalue weighted by Gasteiger charge is -2.21. The SMILES string of the molecule is COCCN(Cc1ccccc1)C(=O)c1ccc(COC)o1. The van der Waals surface area contributed by atoms with E-state index < -0.39 is 0 Å². The van der Waals surface area contributed by atoms with E-state index in [-0.39, 0.29) is 5.91 Å². The normalized spacial score (nSPS) is 10.6. The summed E-state index contributed by atoms with van der Waals surface area (Å²) in [6.07, 6.45) is 0. The fraction of sp³-hybridized carbons (Fsp3) is 0.353. The molecule has 2 rings (SSSR count). The molecule has 0 unspecified atom stereocenters. The fourth-order valence-electron chi connectivity index (χ4n) is 2.13. The second-order valence-electron chi connectivity index (χ2n) is 4.90. The number of furan rings is 1. The van der Waals surface area contributed by atoms with E-state index >= 15 is 0 Å². The van der Waals surface area contributed by atoms with Gasteiger partial charge >= 0.3 is 0 Å². The lowest BCUT2D eigenvalue weighted by atomic mass is 10.2. The number of ether oxygens (including phenoxy) is 2. The molecule has 0 radical (unpaired) electrons. The van der Waals surface area contributed by atoms with E-state index in [4.69, 9.17) is 13.9 Å². The van der Waals surface area contributed by atoms with Crippen LogP contribution in [0.25, 0.3) is 0 Å². The number of rotatable bonds is 8. The minimum absolute atomic E-state index is 0.150. The molecule has 5 nitrogen and oxygen atoms in total. The highest BCUT2D eigenvalue weighted by molar-refractivity contribution is 5.91. The summed E-state index contributed by atoms with van der Waals surface area (Å²) in [4.78, 5) is 14.3. The monoisotopic (exact) mass is 303 g/mol. The van der Waals surface area contributed by atoms with Gasteiger partial charge in [-0.25, -0.2) is 0 Å². The van der Waals surface area contributed by atoms with E-state index in [9.17, 15) is 4.79 Å². The van der Waals surface area contributed by atoms with Crippen LogP contribution in [0.1, 0.15) is 21.9 Å². The minimum atomic E-state index is -0.150. The van der Waals surface area contributed by atoms with Gasteiger partial charge in [-0.15, -0.1) is 0 Å². The first-order valence-electron chi connectivity index (χ1n) is 7.14. The van der Waals surface area contributed by atoms with Crippen LogP contribution in [0, 0.1) is 0 Å². The van der Waals surface area contributed by atoms with Crippen molar-refractivity contribution >= 4 is 5.91 Å². The highest BCUT2D eigenvalue weighted by Crippen LogP contribution is 2.14. The molecule has 0 N–H and O–H groups in total. The molecular weight excluding hydrogens is 282 g/mol. The molecule has 0 spiro atoms. The van der Waals surface area contributed by atoms with Crippen LogP contribution >= 0.6 is 0 Å². The molecule has 118 valence electrons. The average Bonchev–Trinajstić information content (AvgIpc) is 3.01. The van der Waals surface area contributed by atoms with Crippen molar-refractivity contribution in [2.75, 3.05) is 27.4 Å². The molecule has 2 aromatic rings. The number of hydrogen-bond donors (Lipinski definition) is 0. The van der Waals surface area contributed by atoms with E-state index in [0.717, 1.165) is 5.56 Å². The van der Waals surface area contributed by atoms with E-state index in [1.807, 2.05) is 30.3 Å². The third-order valence-corrected chi connectivity index (χ3v) is 3.23. The summed E-state index contributed by atoms with van der Waals surface area (Å²) >= 11 is 0. The van der Waals surface area contributed by atoms with Crippen molar-refractivity contribution in [3.63, 3.8) is 0 Å². The fourth-order valence-corrected chi connectivity index (χ4v) is 2.13. The molecule has 1 aromatic heterocycles. The number of methoxy groups -OCH3 is 2. The summed E-state index contributed by atoms with van der Waals surface area (Å²) in [6.45, 7) is 1.85. The highest BCUT2D eigenvalue weighted by atomic mass is 16.5. The van der Waals surface area contributed by atoms with Gasteiger partial charge in [-0.3, -0.25) is 4.79 Å². The number of benzene rings is 1. The molecule has 0 saturated heterocycles.